The van der Waals surface area contributed by atoms with Gasteiger partial charge in [0, 0.05) is 38.9 Å². The van der Waals surface area contributed by atoms with Crippen molar-refractivity contribution in [3.05, 3.63) is 108 Å². The standard InChI is InChI=1S/C30H33N3O2.ClH/c34-28(17-16-24-10-4-1-5-11-24)32-20-18-30(19-21-32)31-27(22-25-12-6-2-7-13-25)29(35)33(30)23-26-14-8-3-9-15-26;/h1-15,27,31H,16-23H2;1H/t27-;/m0./s1. The van der Waals surface area contributed by atoms with Gasteiger partial charge in [0.1, 0.15) is 0 Å². The molecule has 2 aliphatic heterocycles. The molecule has 2 heterocycles. The third kappa shape index (κ3) is 5.80. The van der Waals surface area contributed by atoms with Crippen molar-refractivity contribution in [1.29, 1.82) is 0 Å². The molecule has 5 nitrogen and oxygen atoms in total. The first kappa shape index (κ1) is 25.9. The number of rotatable bonds is 7. The second kappa shape index (κ2) is 11.7. The van der Waals surface area contributed by atoms with E-state index in [9.17, 15) is 9.59 Å². The molecule has 1 N–H and O–H groups in total. The van der Waals surface area contributed by atoms with Crippen LogP contribution >= 0.6 is 12.4 Å². The van der Waals surface area contributed by atoms with Gasteiger partial charge < -0.3 is 9.80 Å². The number of benzene rings is 3. The topological polar surface area (TPSA) is 52.7 Å². The smallest absolute Gasteiger partial charge is 0.241 e. The van der Waals surface area contributed by atoms with E-state index in [1.165, 1.54) is 5.56 Å². The van der Waals surface area contributed by atoms with Gasteiger partial charge >= 0.3 is 0 Å². The summed E-state index contributed by atoms with van der Waals surface area (Å²) in [4.78, 5) is 30.6. The summed E-state index contributed by atoms with van der Waals surface area (Å²) in [6.07, 6.45) is 3.44. The highest BCUT2D eigenvalue weighted by molar-refractivity contribution is 5.86. The van der Waals surface area contributed by atoms with E-state index in [0.29, 0.717) is 32.5 Å². The fraction of sp³-hybridized carbons (Fsp3) is 0.333. The zero-order chi connectivity index (χ0) is 24.1. The number of nitrogens with zero attached hydrogens (tertiary/aromatic N) is 2. The lowest BCUT2D eigenvalue weighted by Gasteiger charge is -2.44. The van der Waals surface area contributed by atoms with E-state index in [1.54, 1.807) is 0 Å². The number of likely N-dealkylation sites (tertiary alicyclic amines) is 1. The highest BCUT2D eigenvalue weighted by atomic mass is 35.5. The van der Waals surface area contributed by atoms with Crippen LogP contribution in [0.1, 0.15) is 36.0 Å². The Hall–Kier alpha value is -3.15. The predicted octanol–water partition coefficient (Wildman–Crippen LogP) is 4.60. The summed E-state index contributed by atoms with van der Waals surface area (Å²) in [6.45, 7) is 1.91. The molecule has 188 valence electrons. The summed E-state index contributed by atoms with van der Waals surface area (Å²) < 4.78 is 0. The van der Waals surface area contributed by atoms with Crippen LogP contribution in [0, 0.1) is 0 Å². The van der Waals surface area contributed by atoms with Gasteiger partial charge in [-0.25, -0.2) is 0 Å². The molecule has 0 unspecified atom stereocenters. The highest BCUT2D eigenvalue weighted by Gasteiger charge is 2.51. The summed E-state index contributed by atoms with van der Waals surface area (Å²) in [6, 6.07) is 30.3. The van der Waals surface area contributed by atoms with Crippen LogP contribution in [-0.2, 0) is 29.0 Å². The summed E-state index contributed by atoms with van der Waals surface area (Å²) in [5, 5.41) is 3.73. The Labute approximate surface area is 219 Å². The lowest BCUT2D eigenvalue weighted by atomic mass is 9.94. The van der Waals surface area contributed by atoms with Crippen molar-refractivity contribution in [2.75, 3.05) is 13.1 Å². The molecule has 36 heavy (non-hydrogen) atoms. The third-order valence-corrected chi connectivity index (χ3v) is 7.40. The molecule has 0 aliphatic carbocycles. The van der Waals surface area contributed by atoms with E-state index in [-0.39, 0.29) is 30.3 Å². The van der Waals surface area contributed by atoms with Crippen molar-refractivity contribution in [2.24, 2.45) is 0 Å². The van der Waals surface area contributed by atoms with Gasteiger partial charge in [-0.2, -0.15) is 0 Å². The quantitative estimate of drug-likeness (QED) is 0.512. The number of halogens is 1. The number of piperidine rings is 1. The van der Waals surface area contributed by atoms with Crippen LogP contribution in [0.25, 0.3) is 0 Å². The van der Waals surface area contributed by atoms with Crippen molar-refractivity contribution in [3.8, 4) is 0 Å². The van der Waals surface area contributed by atoms with Gasteiger partial charge in [-0.15, -0.1) is 12.4 Å². The van der Waals surface area contributed by atoms with Crippen LogP contribution < -0.4 is 5.32 Å². The fourth-order valence-electron chi connectivity index (χ4n) is 5.44. The normalized spacial score (nSPS) is 18.8. The molecule has 0 aromatic heterocycles. The van der Waals surface area contributed by atoms with Crippen molar-refractivity contribution in [3.63, 3.8) is 0 Å². The molecule has 2 amide bonds. The number of hydrogen-bond acceptors (Lipinski definition) is 3. The van der Waals surface area contributed by atoms with E-state index >= 15 is 0 Å². The van der Waals surface area contributed by atoms with Crippen molar-refractivity contribution in [1.82, 2.24) is 15.1 Å². The van der Waals surface area contributed by atoms with E-state index in [1.807, 2.05) is 64.4 Å². The number of nitrogens with one attached hydrogen (secondary N) is 1. The van der Waals surface area contributed by atoms with Gasteiger partial charge in [0.25, 0.3) is 0 Å². The highest BCUT2D eigenvalue weighted by Crippen LogP contribution is 2.35. The Morgan fingerprint density at radius 1 is 0.806 bits per heavy atom. The van der Waals surface area contributed by atoms with Gasteiger partial charge in [0.2, 0.25) is 11.8 Å². The van der Waals surface area contributed by atoms with Crippen molar-refractivity contribution < 1.29 is 9.59 Å². The molecule has 6 heteroatoms. The number of hydrogen-bond donors (Lipinski definition) is 1. The largest absolute Gasteiger partial charge is 0.342 e. The van der Waals surface area contributed by atoms with Gasteiger partial charge in [-0.1, -0.05) is 91.0 Å². The molecule has 5 rings (SSSR count). The van der Waals surface area contributed by atoms with E-state index in [2.05, 4.69) is 41.7 Å². The Bertz CT molecular complexity index is 1130. The number of carbonyl (C=O) groups is 2. The molecular weight excluding hydrogens is 470 g/mol. The minimum Gasteiger partial charge on any atom is -0.342 e. The molecule has 1 spiro atoms. The maximum atomic E-state index is 13.6. The maximum absolute atomic E-state index is 13.6. The molecule has 3 aromatic carbocycles. The summed E-state index contributed by atoms with van der Waals surface area (Å²) in [5.41, 5.74) is 3.06. The van der Waals surface area contributed by atoms with Gasteiger partial charge in [0.15, 0.2) is 0 Å². The van der Waals surface area contributed by atoms with Crippen molar-refractivity contribution in [2.45, 2.75) is 50.4 Å². The molecule has 0 radical (unpaired) electrons. The number of aryl methyl sites for hydroxylation is 1. The number of carbonyl (C=O) groups excluding carboxylic acids is 2. The van der Waals surface area contributed by atoms with Crippen LogP contribution in [0.3, 0.4) is 0 Å². The van der Waals surface area contributed by atoms with E-state index in [4.69, 9.17) is 0 Å². The van der Waals surface area contributed by atoms with Crippen LogP contribution in [0.5, 0.6) is 0 Å². The molecule has 3 aromatic rings. The SMILES string of the molecule is Cl.O=C(CCc1ccccc1)N1CCC2(CC1)N[C@@H](Cc1ccccc1)C(=O)N2Cc1ccccc1. The second-order valence-corrected chi connectivity index (χ2v) is 9.69. The Kier molecular flexibility index (Phi) is 8.44. The predicted molar refractivity (Wildman–Crippen MR) is 145 cm³/mol. The Morgan fingerprint density at radius 2 is 1.33 bits per heavy atom. The zero-order valence-corrected chi connectivity index (χ0v) is 21.3. The van der Waals surface area contributed by atoms with Crippen LogP contribution in [0.2, 0.25) is 0 Å². The first-order chi connectivity index (χ1) is 17.1. The molecule has 0 saturated carbocycles. The average molecular weight is 504 g/mol. The Balaban J connectivity index is 0.00000304. The monoisotopic (exact) mass is 503 g/mol. The van der Waals surface area contributed by atoms with Crippen LogP contribution in [0.15, 0.2) is 91.0 Å². The minimum atomic E-state index is -0.414. The second-order valence-electron chi connectivity index (χ2n) is 9.69. The molecule has 0 bridgehead atoms. The van der Waals surface area contributed by atoms with E-state index in [0.717, 1.165) is 30.4 Å². The van der Waals surface area contributed by atoms with Crippen molar-refractivity contribution >= 4 is 24.2 Å². The number of amides is 2. The van der Waals surface area contributed by atoms with E-state index < -0.39 is 5.66 Å². The molecule has 2 saturated heterocycles. The van der Waals surface area contributed by atoms with Crippen LogP contribution in [-0.4, -0.2) is 46.4 Å². The minimum absolute atomic E-state index is 0. The molecule has 2 aliphatic rings. The zero-order valence-electron chi connectivity index (χ0n) is 20.5. The van der Waals surface area contributed by atoms with Gasteiger partial charge in [-0.05, 0) is 29.5 Å². The molecule has 2 fully saturated rings. The van der Waals surface area contributed by atoms with Gasteiger partial charge in [0.05, 0.1) is 11.7 Å². The lowest BCUT2D eigenvalue weighted by Crippen LogP contribution is -2.59. The average Bonchev–Trinajstić information content (AvgIpc) is 3.14. The third-order valence-electron chi connectivity index (χ3n) is 7.40. The lowest BCUT2D eigenvalue weighted by molar-refractivity contribution is -0.137. The summed E-state index contributed by atoms with van der Waals surface area (Å²) >= 11 is 0. The van der Waals surface area contributed by atoms with Crippen LogP contribution in [0.4, 0.5) is 0 Å². The molecule has 1 atom stereocenters. The fourth-order valence-corrected chi connectivity index (χ4v) is 5.44. The van der Waals surface area contributed by atoms with Gasteiger partial charge in [-0.3, -0.25) is 14.9 Å². The maximum Gasteiger partial charge on any atom is 0.241 e. The Morgan fingerprint density at radius 3 is 1.92 bits per heavy atom. The first-order valence-corrected chi connectivity index (χ1v) is 12.6. The summed E-state index contributed by atoms with van der Waals surface area (Å²) in [5.74, 6) is 0.352. The first-order valence-electron chi connectivity index (χ1n) is 12.6. The molecular formula is C30H34ClN3O2. The summed E-state index contributed by atoms with van der Waals surface area (Å²) in [7, 11) is 0.